The van der Waals surface area contributed by atoms with E-state index in [1.165, 1.54) is 0 Å². The van der Waals surface area contributed by atoms with Crippen molar-refractivity contribution in [3.05, 3.63) is 30.1 Å². The van der Waals surface area contributed by atoms with E-state index in [9.17, 15) is 9.59 Å². The second-order valence-corrected chi connectivity index (χ2v) is 7.62. The summed E-state index contributed by atoms with van der Waals surface area (Å²) in [5, 5.41) is 3.19. The lowest BCUT2D eigenvalue weighted by atomic mass is 9.81. The van der Waals surface area contributed by atoms with Crippen molar-refractivity contribution in [3.63, 3.8) is 0 Å². The van der Waals surface area contributed by atoms with E-state index < -0.39 is 0 Å². The van der Waals surface area contributed by atoms with Gasteiger partial charge in [0, 0.05) is 49.7 Å². The Morgan fingerprint density at radius 1 is 1.07 bits per heavy atom. The van der Waals surface area contributed by atoms with Crippen LogP contribution < -0.4 is 5.32 Å². The number of fused-ring (bicyclic) bond motifs is 1. The molecule has 3 fully saturated rings. The summed E-state index contributed by atoms with van der Waals surface area (Å²) >= 11 is 0. The van der Waals surface area contributed by atoms with Gasteiger partial charge in [-0.15, -0.1) is 0 Å². The van der Waals surface area contributed by atoms with Crippen LogP contribution in [0.4, 0.5) is 0 Å². The number of aromatic nitrogens is 1. The van der Waals surface area contributed by atoms with E-state index in [1.54, 1.807) is 24.5 Å². The van der Waals surface area contributed by atoms with Gasteiger partial charge >= 0.3 is 0 Å². The van der Waals surface area contributed by atoms with Crippen LogP contribution in [0.2, 0.25) is 0 Å². The molecule has 1 aliphatic carbocycles. The van der Waals surface area contributed by atoms with E-state index in [1.807, 2.05) is 4.90 Å². The van der Waals surface area contributed by atoms with Crippen LogP contribution in [0.5, 0.6) is 0 Å². The summed E-state index contributed by atoms with van der Waals surface area (Å²) in [6, 6.07) is 3.65. The Morgan fingerprint density at radius 2 is 1.85 bits per heavy atom. The fourth-order valence-electron chi connectivity index (χ4n) is 4.42. The van der Waals surface area contributed by atoms with Gasteiger partial charge in [-0.05, 0) is 44.2 Å². The Kier molecular flexibility index (Phi) is 5.69. The van der Waals surface area contributed by atoms with Crippen LogP contribution in [0.15, 0.2) is 24.5 Å². The van der Waals surface area contributed by atoms with Crippen molar-refractivity contribution in [2.24, 2.45) is 5.92 Å². The van der Waals surface area contributed by atoms with Gasteiger partial charge < -0.3 is 19.7 Å². The standard InChI is InChI=1S/C20H27N3O4/c24-19(22-16-5-10-26-11-6-16)15-1-2-18-17(13-15)23(9-12-27-18)20(25)14-3-7-21-8-4-14/h3-4,7-8,15-18H,1-2,5-6,9-13H2,(H,22,24)/t15-,17+,18+/m0/s1. The zero-order valence-electron chi connectivity index (χ0n) is 15.5. The molecule has 27 heavy (non-hydrogen) atoms. The van der Waals surface area contributed by atoms with Crippen molar-refractivity contribution >= 4 is 11.8 Å². The molecule has 7 nitrogen and oxygen atoms in total. The topological polar surface area (TPSA) is 80.8 Å². The van der Waals surface area contributed by atoms with Gasteiger partial charge in [-0.25, -0.2) is 0 Å². The van der Waals surface area contributed by atoms with Gasteiger partial charge in [-0.2, -0.15) is 0 Å². The lowest BCUT2D eigenvalue weighted by Crippen LogP contribution is -2.57. The lowest BCUT2D eigenvalue weighted by molar-refractivity contribution is -0.132. The van der Waals surface area contributed by atoms with Crippen molar-refractivity contribution in [1.82, 2.24) is 15.2 Å². The van der Waals surface area contributed by atoms with Crippen LogP contribution in [0.25, 0.3) is 0 Å². The first-order valence-corrected chi connectivity index (χ1v) is 9.93. The summed E-state index contributed by atoms with van der Waals surface area (Å²) in [7, 11) is 0. The van der Waals surface area contributed by atoms with E-state index in [0.29, 0.717) is 38.3 Å². The summed E-state index contributed by atoms with van der Waals surface area (Å²) < 4.78 is 11.3. The molecule has 3 heterocycles. The molecule has 146 valence electrons. The molecule has 4 rings (SSSR count). The molecule has 1 saturated carbocycles. The molecule has 0 radical (unpaired) electrons. The number of nitrogens with zero attached hydrogens (tertiary/aromatic N) is 2. The predicted octanol–water partition coefficient (Wildman–Crippen LogP) is 1.39. The van der Waals surface area contributed by atoms with E-state index in [2.05, 4.69) is 10.3 Å². The van der Waals surface area contributed by atoms with E-state index in [4.69, 9.17) is 9.47 Å². The number of nitrogens with one attached hydrogen (secondary N) is 1. The quantitative estimate of drug-likeness (QED) is 0.866. The van der Waals surface area contributed by atoms with Crippen LogP contribution in [-0.4, -0.2) is 66.3 Å². The average Bonchev–Trinajstić information content (AvgIpc) is 2.73. The number of morpholine rings is 1. The first kappa shape index (κ1) is 18.4. The highest BCUT2D eigenvalue weighted by Gasteiger charge is 2.42. The van der Waals surface area contributed by atoms with Gasteiger partial charge in [0.1, 0.15) is 0 Å². The van der Waals surface area contributed by atoms with Gasteiger partial charge in [0.15, 0.2) is 0 Å². The van der Waals surface area contributed by atoms with Gasteiger partial charge in [0.05, 0.1) is 18.8 Å². The van der Waals surface area contributed by atoms with Crippen molar-refractivity contribution in [2.75, 3.05) is 26.4 Å². The summed E-state index contributed by atoms with van der Waals surface area (Å²) in [6.07, 6.45) is 7.34. The summed E-state index contributed by atoms with van der Waals surface area (Å²) in [6.45, 7) is 2.54. The summed E-state index contributed by atoms with van der Waals surface area (Å²) in [5.41, 5.74) is 0.638. The maximum atomic E-state index is 13.0. The van der Waals surface area contributed by atoms with E-state index in [0.717, 1.165) is 25.7 Å². The van der Waals surface area contributed by atoms with E-state index >= 15 is 0 Å². The number of hydrogen-bond donors (Lipinski definition) is 1. The highest BCUT2D eigenvalue weighted by atomic mass is 16.5. The number of pyridine rings is 1. The third-order valence-electron chi connectivity index (χ3n) is 5.95. The van der Waals surface area contributed by atoms with Crippen LogP contribution in [0.3, 0.4) is 0 Å². The van der Waals surface area contributed by atoms with Crippen molar-refractivity contribution < 1.29 is 19.1 Å². The summed E-state index contributed by atoms with van der Waals surface area (Å²) in [4.78, 5) is 31.6. The Bertz CT molecular complexity index is 662. The fourth-order valence-corrected chi connectivity index (χ4v) is 4.42. The Hall–Kier alpha value is -1.99. The minimum atomic E-state index is -0.0662. The number of carbonyl (C=O) groups is 2. The molecule has 3 aliphatic rings. The van der Waals surface area contributed by atoms with Crippen LogP contribution in [-0.2, 0) is 14.3 Å². The molecule has 2 saturated heterocycles. The van der Waals surface area contributed by atoms with Crippen molar-refractivity contribution in [1.29, 1.82) is 0 Å². The maximum Gasteiger partial charge on any atom is 0.254 e. The SMILES string of the molecule is O=C(NC1CCOCC1)[C@H]1CC[C@H]2OCCN(C(=O)c3ccncc3)[C@@H]2C1. The lowest BCUT2D eigenvalue weighted by Gasteiger charge is -2.45. The molecule has 0 aromatic carbocycles. The van der Waals surface area contributed by atoms with Crippen molar-refractivity contribution in [3.8, 4) is 0 Å². The number of carbonyl (C=O) groups excluding carboxylic acids is 2. The molecule has 1 aromatic heterocycles. The minimum Gasteiger partial charge on any atom is -0.381 e. The number of hydrogen-bond acceptors (Lipinski definition) is 5. The largest absolute Gasteiger partial charge is 0.381 e. The van der Waals surface area contributed by atoms with Crippen LogP contribution in [0, 0.1) is 5.92 Å². The predicted molar refractivity (Wildman–Crippen MR) is 98.1 cm³/mol. The molecule has 7 heteroatoms. The first-order chi connectivity index (χ1) is 13.2. The Morgan fingerprint density at radius 3 is 2.63 bits per heavy atom. The van der Waals surface area contributed by atoms with Crippen molar-refractivity contribution in [2.45, 2.75) is 50.3 Å². The molecule has 0 unspecified atom stereocenters. The minimum absolute atomic E-state index is 0.00110. The average molecular weight is 373 g/mol. The Labute approximate surface area is 159 Å². The molecular formula is C20H27N3O4. The number of ether oxygens (including phenoxy) is 2. The molecule has 0 spiro atoms. The molecular weight excluding hydrogens is 346 g/mol. The monoisotopic (exact) mass is 373 g/mol. The highest BCUT2D eigenvalue weighted by Crippen LogP contribution is 2.33. The summed E-state index contributed by atoms with van der Waals surface area (Å²) in [5.74, 6) is 0.0481. The number of amides is 2. The highest BCUT2D eigenvalue weighted by molar-refractivity contribution is 5.94. The van der Waals surface area contributed by atoms with E-state index in [-0.39, 0.29) is 35.9 Å². The van der Waals surface area contributed by atoms with Gasteiger partial charge in [0.25, 0.3) is 5.91 Å². The normalized spacial score (nSPS) is 29.0. The zero-order chi connectivity index (χ0) is 18.6. The smallest absolute Gasteiger partial charge is 0.254 e. The third-order valence-corrected chi connectivity index (χ3v) is 5.95. The molecule has 1 N–H and O–H groups in total. The zero-order valence-corrected chi connectivity index (χ0v) is 15.5. The second-order valence-electron chi connectivity index (χ2n) is 7.62. The molecule has 1 aromatic rings. The van der Waals surface area contributed by atoms with Crippen LogP contribution >= 0.6 is 0 Å². The fraction of sp³-hybridized carbons (Fsp3) is 0.650. The van der Waals surface area contributed by atoms with Gasteiger partial charge in [-0.1, -0.05) is 0 Å². The molecule has 2 amide bonds. The second kappa shape index (κ2) is 8.35. The Balaban J connectivity index is 1.42. The van der Waals surface area contributed by atoms with Gasteiger partial charge in [-0.3, -0.25) is 14.6 Å². The molecule has 2 aliphatic heterocycles. The maximum absolute atomic E-state index is 13.0. The molecule has 0 bridgehead atoms. The first-order valence-electron chi connectivity index (χ1n) is 9.93. The third kappa shape index (κ3) is 4.14. The van der Waals surface area contributed by atoms with Gasteiger partial charge in [0.2, 0.25) is 5.91 Å². The van der Waals surface area contributed by atoms with Crippen LogP contribution in [0.1, 0.15) is 42.5 Å². The number of rotatable bonds is 3. The molecule has 3 atom stereocenters.